The van der Waals surface area contributed by atoms with Gasteiger partial charge in [0.15, 0.2) is 9.84 Å². The van der Waals surface area contributed by atoms with Crippen LogP contribution < -0.4 is 5.73 Å². The van der Waals surface area contributed by atoms with Crippen molar-refractivity contribution in [2.45, 2.75) is 4.90 Å². The number of rotatable bonds is 2. The predicted octanol–water partition coefficient (Wildman–Crippen LogP) is 0.952. The first-order valence-electron chi connectivity index (χ1n) is 3.61. The second-order valence-corrected chi connectivity index (χ2v) is 5.74. The van der Waals surface area contributed by atoms with Gasteiger partial charge in [-0.25, -0.2) is 8.42 Å². The Bertz CT molecular complexity index is 481. The van der Waals surface area contributed by atoms with Crippen LogP contribution in [0.3, 0.4) is 0 Å². The van der Waals surface area contributed by atoms with Gasteiger partial charge in [-0.05, 0) is 18.2 Å². The maximum Gasteiger partial charge on any atom is 0.248 e. The lowest BCUT2D eigenvalue weighted by atomic mass is 10.2. The number of carbonyl (C=O) groups excluding carboxylic acids is 1. The van der Waals surface area contributed by atoms with Crippen LogP contribution >= 0.6 is 15.9 Å². The highest BCUT2D eigenvalue weighted by atomic mass is 79.9. The quantitative estimate of drug-likeness (QED) is 0.875. The molecule has 0 aromatic heterocycles. The summed E-state index contributed by atoms with van der Waals surface area (Å²) in [6.45, 7) is 0. The molecular weight excluding hydrogens is 270 g/mol. The van der Waals surface area contributed by atoms with Crippen molar-refractivity contribution in [1.29, 1.82) is 0 Å². The van der Waals surface area contributed by atoms with Gasteiger partial charge in [-0.15, -0.1) is 0 Å². The Labute approximate surface area is 90.2 Å². The Kier molecular flexibility index (Phi) is 2.96. The first-order valence-corrected chi connectivity index (χ1v) is 6.29. The Hall–Kier alpha value is -0.880. The summed E-state index contributed by atoms with van der Waals surface area (Å²) >= 11 is 3.10. The fourth-order valence-electron chi connectivity index (χ4n) is 0.919. The molecule has 2 N–H and O–H groups in total. The average Bonchev–Trinajstić information content (AvgIpc) is 2.01. The number of hydrogen-bond donors (Lipinski definition) is 1. The van der Waals surface area contributed by atoms with Gasteiger partial charge in [0.25, 0.3) is 0 Å². The van der Waals surface area contributed by atoms with Crippen LogP contribution in [0.2, 0.25) is 0 Å². The zero-order valence-electron chi connectivity index (χ0n) is 7.32. The molecule has 0 spiro atoms. The van der Waals surface area contributed by atoms with Crippen LogP contribution in [0.25, 0.3) is 0 Å². The first kappa shape index (κ1) is 11.2. The maximum atomic E-state index is 11.2. The number of benzene rings is 1. The summed E-state index contributed by atoms with van der Waals surface area (Å²) in [6, 6.07) is 4.14. The van der Waals surface area contributed by atoms with Gasteiger partial charge in [0.1, 0.15) is 0 Å². The largest absolute Gasteiger partial charge is 0.366 e. The molecule has 6 heteroatoms. The van der Waals surface area contributed by atoms with Crippen LogP contribution in [0.5, 0.6) is 0 Å². The highest BCUT2D eigenvalue weighted by Crippen LogP contribution is 2.19. The SMILES string of the molecule is CS(=O)(=O)c1cc(Br)cc(C(N)=O)c1. The number of hydrogen-bond acceptors (Lipinski definition) is 3. The lowest BCUT2D eigenvalue weighted by Crippen LogP contribution is -2.12. The van der Waals surface area contributed by atoms with Crippen LogP contribution in [-0.4, -0.2) is 20.6 Å². The van der Waals surface area contributed by atoms with E-state index in [-0.39, 0.29) is 10.5 Å². The topological polar surface area (TPSA) is 77.2 Å². The van der Waals surface area contributed by atoms with Crippen molar-refractivity contribution >= 4 is 31.7 Å². The Morgan fingerprint density at radius 2 is 1.93 bits per heavy atom. The fourth-order valence-corrected chi connectivity index (χ4v) is 2.25. The highest BCUT2D eigenvalue weighted by molar-refractivity contribution is 9.10. The molecule has 0 saturated carbocycles. The molecule has 0 fully saturated rings. The van der Waals surface area contributed by atoms with Crippen molar-refractivity contribution in [3.63, 3.8) is 0 Å². The molecule has 1 amide bonds. The van der Waals surface area contributed by atoms with Crippen LogP contribution in [-0.2, 0) is 9.84 Å². The third kappa shape index (κ3) is 2.55. The van der Waals surface area contributed by atoms with Crippen molar-refractivity contribution in [3.05, 3.63) is 28.2 Å². The van der Waals surface area contributed by atoms with E-state index >= 15 is 0 Å². The van der Waals surface area contributed by atoms with E-state index in [1.54, 1.807) is 0 Å². The van der Waals surface area contributed by atoms with E-state index in [9.17, 15) is 13.2 Å². The minimum Gasteiger partial charge on any atom is -0.366 e. The molecule has 0 aliphatic rings. The summed E-state index contributed by atoms with van der Waals surface area (Å²) in [4.78, 5) is 10.9. The van der Waals surface area contributed by atoms with Crippen LogP contribution in [0.4, 0.5) is 0 Å². The van der Waals surface area contributed by atoms with Crippen LogP contribution in [0.1, 0.15) is 10.4 Å². The molecule has 0 heterocycles. The van der Waals surface area contributed by atoms with Crippen molar-refractivity contribution in [1.82, 2.24) is 0 Å². The van der Waals surface area contributed by atoms with Crippen molar-refractivity contribution in [2.24, 2.45) is 5.73 Å². The van der Waals surface area contributed by atoms with Crippen LogP contribution in [0, 0.1) is 0 Å². The summed E-state index contributed by atoms with van der Waals surface area (Å²) in [5, 5.41) is 0. The van der Waals surface area contributed by atoms with E-state index in [1.165, 1.54) is 18.2 Å². The number of halogens is 1. The van der Waals surface area contributed by atoms with Crippen molar-refractivity contribution in [3.8, 4) is 0 Å². The summed E-state index contributed by atoms with van der Waals surface area (Å²) in [7, 11) is -3.32. The summed E-state index contributed by atoms with van der Waals surface area (Å²) < 4.78 is 22.9. The van der Waals surface area contributed by atoms with E-state index in [1.807, 2.05) is 0 Å². The predicted molar refractivity (Wildman–Crippen MR) is 55.8 cm³/mol. The van der Waals surface area contributed by atoms with Gasteiger partial charge in [-0.1, -0.05) is 15.9 Å². The molecule has 1 rings (SSSR count). The first-order chi connectivity index (χ1) is 6.30. The van der Waals surface area contributed by atoms with Gasteiger partial charge >= 0.3 is 0 Å². The molecular formula is C8H8BrNO3S. The number of sulfone groups is 1. The Morgan fingerprint density at radius 1 is 1.36 bits per heavy atom. The number of amides is 1. The smallest absolute Gasteiger partial charge is 0.248 e. The lowest BCUT2D eigenvalue weighted by molar-refractivity contribution is 0.1000. The Balaban J connectivity index is 3.43. The third-order valence-corrected chi connectivity index (χ3v) is 3.13. The molecule has 76 valence electrons. The zero-order valence-corrected chi connectivity index (χ0v) is 9.72. The molecule has 1 aromatic rings. The van der Waals surface area contributed by atoms with E-state index in [0.717, 1.165) is 6.26 Å². The van der Waals surface area contributed by atoms with Crippen molar-refractivity contribution in [2.75, 3.05) is 6.26 Å². The van der Waals surface area contributed by atoms with E-state index < -0.39 is 15.7 Å². The van der Waals surface area contributed by atoms with Gasteiger partial charge < -0.3 is 5.73 Å². The standard InChI is InChI=1S/C8H8BrNO3S/c1-14(12,13)7-3-5(8(10)11)2-6(9)4-7/h2-4H,1H3,(H2,10,11). The highest BCUT2D eigenvalue weighted by Gasteiger charge is 2.11. The third-order valence-electron chi connectivity index (χ3n) is 1.58. The summed E-state index contributed by atoms with van der Waals surface area (Å²) in [5.74, 6) is -0.656. The van der Waals surface area contributed by atoms with Crippen LogP contribution in [0.15, 0.2) is 27.6 Å². The second-order valence-electron chi connectivity index (χ2n) is 2.81. The minimum atomic E-state index is -3.32. The number of nitrogens with two attached hydrogens (primary N) is 1. The van der Waals surface area contributed by atoms with Gasteiger partial charge in [0, 0.05) is 16.3 Å². The fraction of sp³-hybridized carbons (Fsp3) is 0.125. The van der Waals surface area contributed by atoms with Gasteiger partial charge in [-0.3, -0.25) is 4.79 Å². The van der Waals surface area contributed by atoms with Crippen molar-refractivity contribution < 1.29 is 13.2 Å². The lowest BCUT2D eigenvalue weighted by Gasteiger charge is -2.02. The van der Waals surface area contributed by atoms with E-state index in [2.05, 4.69) is 15.9 Å². The molecule has 14 heavy (non-hydrogen) atoms. The monoisotopic (exact) mass is 277 g/mol. The van der Waals surface area contributed by atoms with Gasteiger partial charge in [0.05, 0.1) is 4.90 Å². The van der Waals surface area contributed by atoms with E-state index in [0.29, 0.717) is 4.47 Å². The average molecular weight is 278 g/mol. The molecule has 1 aromatic carbocycles. The molecule has 4 nitrogen and oxygen atoms in total. The molecule has 0 bridgehead atoms. The molecule has 0 aliphatic heterocycles. The summed E-state index contributed by atoms with van der Waals surface area (Å²) in [5.41, 5.74) is 5.21. The number of carbonyl (C=O) groups is 1. The van der Waals surface area contributed by atoms with Gasteiger partial charge in [-0.2, -0.15) is 0 Å². The van der Waals surface area contributed by atoms with Gasteiger partial charge in [0.2, 0.25) is 5.91 Å². The zero-order chi connectivity index (χ0) is 10.9. The summed E-state index contributed by atoms with van der Waals surface area (Å²) in [6.07, 6.45) is 1.07. The molecule has 0 radical (unpaired) electrons. The maximum absolute atomic E-state index is 11.2. The van der Waals surface area contributed by atoms with E-state index in [4.69, 9.17) is 5.73 Å². The molecule has 0 saturated heterocycles. The second kappa shape index (κ2) is 3.70. The minimum absolute atomic E-state index is 0.0701. The Morgan fingerprint density at radius 3 is 2.36 bits per heavy atom. The normalized spacial score (nSPS) is 11.3. The molecule has 0 unspecified atom stereocenters. The molecule has 0 aliphatic carbocycles. The molecule has 0 atom stereocenters. The number of primary amides is 1.